The summed E-state index contributed by atoms with van der Waals surface area (Å²) in [5.41, 5.74) is 0. The van der Waals surface area contributed by atoms with Gasteiger partial charge >= 0.3 is 0 Å². The standard InChI is InChI=1S/C13H25NO3S/c1-9-4-3-5-12(10(9)2)14-13(17)8-18-7-11(16)6-15/h9-12,15-16H,3-8H2,1-2H3,(H,14,17). The molecule has 0 saturated heterocycles. The van der Waals surface area contributed by atoms with Gasteiger partial charge in [-0.3, -0.25) is 4.79 Å². The normalized spacial score (nSPS) is 29.9. The van der Waals surface area contributed by atoms with Crippen molar-refractivity contribution < 1.29 is 15.0 Å². The molecule has 0 aromatic carbocycles. The number of aliphatic hydroxyl groups excluding tert-OH is 2. The molecule has 18 heavy (non-hydrogen) atoms. The Kier molecular flexibility index (Phi) is 7.04. The second kappa shape index (κ2) is 8.02. The third-order valence-electron chi connectivity index (χ3n) is 3.81. The van der Waals surface area contributed by atoms with Crippen LogP contribution in [0.3, 0.4) is 0 Å². The maximum Gasteiger partial charge on any atom is 0.230 e. The van der Waals surface area contributed by atoms with E-state index in [1.807, 2.05) is 0 Å². The van der Waals surface area contributed by atoms with Crippen LogP contribution in [0.25, 0.3) is 0 Å². The predicted molar refractivity (Wildman–Crippen MR) is 74.5 cm³/mol. The van der Waals surface area contributed by atoms with Crippen LogP contribution in [0.4, 0.5) is 0 Å². The van der Waals surface area contributed by atoms with Gasteiger partial charge in [-0.25, -0.2) is 0 Å². The topological polar surface area (TPSA) is 69.6 Å². The van der Waals surface area contributed by atoms with Crippen LogP contribution < -0.4 is 5.32 Å². The molecule has 106 valence electrons. The van der Waals surface area contributed by atoms with Gasteiger partial charge in [0.25, 0.3) is 0 Å². The summed E-state index contributed by atoms with van der Waals surface area (Å²) in [7, 11) is 0. The summed E-state index contributed by atoms with van der Waals surface area (Å²) in [6, 6.07) is 0.296. The summed E-state index contributed by atoms with van der Waals surface area (Å²) in [5.74, 6) is 2.01. The minimum Gasteiger partial charge on any atom is -0.394 e. The number of nitrogens with one attached hydrogen (secondary N) is 1. The van der Waals surface area contributed by atoms with Crippen molar-refractivity contribution >= 4 is 17.7 Å². The van der Waals surface area contributed by atoms with Crippen molar-refractivity contribution in [1.29, 1.82) is 0 Å². The lowest BCUT2D eigenvalue weighted by Gasteiger charge is -2.34. The highest BCUT2D eigenvalue weighted by Crippen LogP contribution is 2.29. The van der Waals surface area contributed by atoms with Gasteiger partial charge in [0.1, 0.15) is 0 Å². The van der Waals surface area contributed by atoms with Crippen LogP contribution in [0, 0.1) is 11.8 Å². The molecule has 4 atom stereocenters. The van der Waals surface area contributed by atoms with Gasteiger partial charge in [0.2, 0.25) is 5.91 Å². The Morgan fingerprint density at radius 1 is 1.44 bits per heavy atom. The van der Waals surface area contributed by atoms with E-state index in [1.54, 1.807) is 0 Å². The maximum atomic E-state index is 11.8. The number of hydrogen-bond donors (Lipinski definition) is 3. The fourth-order valence-corrected chi connectivity index (χ4v) is 3.14. The molecule has 1 rings (SSSR count). The van der Waals surface area contributed by atoms with E-state index in [2.05, 4.69) is 19.2 Å². The average Bonchev–Trinajstić information content (AvgIpc) is 2.34. The van der Waals surface area contributed by atoms with Crippen LogP contribution in [0.5, 0.6) is 0 Å². The maximum absolute atomic E-state index is 11.8. The fourth-order valence-electron chi connectivity index (χ4n) is 2.37. The molecule has 1 fully saturated rings. The highest BCUT2D eigenvalue weighted by Gasteiger charge is 2.27. The smallest absolute Gasteiger partial charge is 0.230 e. The summed E-state index contributed by atoms with van der Waals surface area (Å²) in [6.07, 6.45) is 2.79. The van der Waals surface area contributed by atoms with E-state index >= 15 is 0 Å². The number of carbonyl (C=O) groups excluding carboxylic acids is 1. The molecule has 4 nitrogen and oxygen atoms in total. The largest absolute Gasteiger partial charge is 0.394 e. The number of aliphatic hydroxyl groups is 2. The molecule has 0 bridgehead atoms. The molecule has 0 spiro atoms. The fraction of sp³-hybridized carbons (Fsp3) is 0.923. The number of carbonyl (C=O) groups is 1. The van der Waals surface area contributed by atoms with Crippen molar-refractivity contribution in [2.75, 3.05) is 18.1 Å². The van der Waals surface area contributed by atoms with Crippen LogP contribution in [-0.2, 0) is 4.79 Å². The second-order valence-electron chi connectivity index (χ2n) is 5.29. The van der Waals surface area contributed by atoms with Crippen LogP contribution >= 0.6 is 11.8 Å². The van der Waals surface area contributed by atoms with E-state index < -0.39 is 6.10 Å². The first kappa shape index (κ1) is 15.8. The predicted octanol–water partition coefficient (Wildman–Crippen LogP) is 1.01. The van der Waals surface area contributed by atoms with Crippen molar-refractivity contribution in [2.24, 2.45) is 11.8 Å². The van der Waals surface area contributed by atoms with Crippen molar-refractivity contribution in [3.63, 3.8) is 0 Å². The molecule has 1 amide bonds. The van der Waals surface area contributed by atoms with Crippen molar-refractivity contribution in [3.05, 3.63) is 0 Å². The third-order valence-corrected chi connectivity index (χ3v) is 4.89. The van der Waals surface area contributed by atoms with Crippen LogP contribution in [0.1, 0.15) is 33.1 Å². The third kappa shape index (κ3) is 5.16. The van der Waals surface area contributed by atoms with Gasteiger partial charge < -0.3 is 15.5 Å². The van der Waals surface area contributed by atoms with Crippen LogP contribution in [0.15, 0.2) is 0 Å². The molecule has 5 heteroatoms. The molecule has 0 aromatic heterocycles. The minimum absolute atomic E-state index is 0.0380. The molecule has 1 aliphatic carbocycles. The average molecular weight is 275 g/mol. The van der Waals surface area contributed by atoms with Crippen LogP contribution in [0.2, 0.25) is 0 Å². The SMILES string of the molecule is CC1CCCC(NC(=O)CSCC(O)CO)C1C. The van der Waals surface area contributed by atoms with Crippen LogP contribution in [-0.4, -0.2) is 46.4 Å². The Bertz CT molecular complexity index is 263. The van der Waals surface area contributed by atoms with Gasteiger partial charge in [0.15, 0.2) is 0 Å². The molecule has 0 heterocycles. The summed E-state index contributed by atoms with van der Waals surface area (Å²) in [6.45, 7) is 4.21. The lowest BCUT2D eigenvalue weighted by Crippen LogP contribution is -2.44. The van der Waals surface area contributed by atoms with E-state index in [-0.39, 0.29) is 12.5 Å². The van der Waals surface area contributed by atoms with Gasteiger partial charge in [0.05, 0.1) is 18.5 Å². The van der Waals surface area contributed by atoms with E-state index in [9.17, 15) is 4.79 Å². The van der Waals surface area contributed by atoms with E-state index in [4.69, 9.17) is 10.2 Å². The Morgan fingerprint density at radius 3 is 2.83 bits per heavy atom. The molecular formula is C13H25NO3S. The Hall–Kier alpha value is -0.260. The number of thioether (sulfide) groups is 1. The quantitative estimate of drug-likeness (QED) is 0.677. The van der Waals surface area contributed by atoms with Gasteiger partial charge in [-0.15, -0.1) is 11.8 Å². The Balaban J connectivity index is 2.23. The van der Waals surface area contributed by atoms with Crippen molar-refractivity contribution in [1.82, 2.24) is 5.32 Å². The van der Waals surface area contributed by atoms with E-state index in [0.717, 1.165) is 6.42 Å². The molecular weight excluding hydrogens is 250 g/mol. The Labute approximate surface area is 114 Å². The first-order chi connectivity index (χ1) is 8.54. The second-order valence-corrected chi connectivity index (χ2v) is 6.32. The Morgan fingerprint density at radius 2 is 2.17 bits per heavy atom. The highest BCUT2D eigenvalue weighted by molar-refractivity contribution is 7.99. The zero-order valence-corrected chi connectivity index (χ0v) is 12.1. The van der Waals surface area contributed by atoms with E-state index in [1.165, 1.54) is 24.6 Å². The van der Waals surface area contributed by atoms with Gasteiger partial charge in [-0.2, -0.15) is 0 Å². The monoisotopic (exact) mass is 275 g/mol. The molecule has 3 N–H and O–H groups in total. The number of amides is 1. The molecule has 4 unspecified atom stereocenters. The summed E-state index contributed by atoms with van der Waals surface area (Å²) in [4.78, 5) is 11.8. The molecule has 1 saturated carbocycles. The molecule has 0 aliphatic heterocycles. The summed E-state index contributed by atoms with van der Waals surface area (Å²) < 4.78 is 0. The molecule has 0 aromatic rings. The van der Waals surface area contributed by atoms with Gasteiger partial charge in [-0.05, 0) is 18.3 Å². The van der Waals surface area contributed by atoms with E-state index in [0.29, 0.717) is 29.4 Å². The first-order valence-electron chi connectivity index (χ1n) is 6.70. The minimum atomic E-state index is -0.726. The lowest BCUT2D eigenvalue weighted by atomic mass is 9.78. The van der Waals surface area contributed by atoms with Crippen molar-refractivity contribution in [3.8, 4) is 0 Å². The number of rotatable bonds is 6. The zero-order chi connectivity index (χ0) is 13.5. The summed E-state index contributed by atoms with van der Waals surface area (Å²) >= 11 is 1.36. The molecule has 0 radical (unpaired) electrons. The van der Waals surface area contributed by atoms with Crippen molar-refractivity contribution in [2.45, 2.75) is 45.3 Å². The first-order valence-corrected chi connectivity index (χ1v) is 7.86. The van der Waals surface area contributed by atoms with Gasteiger partial charge in [0, 0.05) is 11.8 Å². The zero-order valence-electron chi connectivity index (χ0n) is 11.3. The summed E-state index contributed by atoms with van der Waals surface area (Å²) in [5, 5.41) is 20.9. The van der Waals surface area contributed by atoms with Gasteiger partial charge in [-0.1, -0.05) is 26.7 Å². The molecule has 1 aliphatic rings. The lowest BCUT2D eigenvalue weighted by molar-refractivity contribution is -0.119. The highest BCUT2D eigenvalue weighted by atomic mass is 32.2. The number of hydrogen-bond acceptors (Lipinski definition) is 4.